The Balaban J connectivity index is 0.00000125. The SMILES string of the molecule is CNC(=O)Nc1ccc(-c2cnc3[nH]cc(-c4ccccc4OC)c3c2)cc1[C-]=O.[CH2-]C.[K+]. The van der Waals surface area contributed by atoms with E-state index < -0.39 is 6.03 Å². The second kappa shape index (κ2) is 12.7. The largest absolute Gasteiger partial charge is 1.00 e. The van der Waals surface area contributed by atoms with Crippen LogP contribution in [0, 0.1) is 6.92 Å². The predicted octanol–water partition coefficient (Wildman–Crippen LogP) is 1.96. The van der Waals surface area contributed by atoms with Crippen molar-refractivity contribution in [2.75, 3.05) is 19.5 Å². The number of ether oxygens (including phenoxy) is 1. The summed E-state index contributed by atoms with van der Waals surface area (Å²) in [7, 11) is 3.15. The topological polar surface area (TPSA) is 96.1 Å². The van der Waals surface area contributed by atoms with Crippen molar-refractivity contribution in [3.05, 3.63) is 73.4 Å². The second-order valence-electron chi connectivity index (χ2n) is 6.59. The summed E-state index contributed by atoms with van der Waals surface area (Å²) >= 11 is 0. The van der Waals surface area contributed by atoms with Crippen molar-refractivity contribution >= 4 is 29.0 Å². The quantitative estimate of drug-likeness (QED) is 0.309. The Morgan fingerprint density at radius 3 is 2.55 bits per heavy atom. The Morgan fingerprint density at radius 2 is 1.85 bits per heavy atom. The number of rotatable bonds is 5. The first-order valence-electron chi connectivity index (χ1n) is 9.97. The Hall–Kier alpha value is -2.49. The summed E-state index contributed by atoms with van der Waals surface area (Å²) in [6.45, 7) is 5.00. The second-order valence-corrected chi connectivity index (χ2v) is 6.59. The fourth-order valence-corrected chi connectivity index (χ4v) is 3.35. The number of methoxy groups -OCH3 is 1. The average molecular weight is 468 g/mol. The van der Waals surface area contributed by atoms with Crippen LogP contribution in [0.2, 0.25) is 0 Å². The molecule has 3 N–H and O–H groups in total. The molecule has 0 aliphatic carbocycles. The van der Waals surface area contributed by atoms with Crippen LogP contribution in [0.5, 0.6) is 5.75 Å². The van der Waals surface area contributed by atoms with Crippen LogP contribution in [-0.4, -0.2) is 36.4 Å². The summed E-state index contributed by atoms with van der Waals surface area (Å²) in [6.07, 6.45) is 5.52. The fraction of sp³-hybridized carbons (Fsp3) is 0.120. The number of hydrogen-bond acceptors (Lipinski definition) is 4. The third-order valence-electron chi connectivity index (χ3n) is 4.87. The monoisotopic (exact) mass is 467 g/mol. The zero-order chi connectivity index (χ0) is 23.1. The van der Waals surface area contributed by atoms with Gasteiger partial charge < -0.3 is 32.1 Å². The standard InChI is InChI=1S/C23H19N4O3.C2H5.K/c1-24-23(29)27-20-8-7-14(9-16(20)13-28)15-10-18-19(12-26-22(18)25-11-15)17-5-3-4-6-21(17)30-2;1-2;/h3-12H,1-2H3,(H,25,26)(H2,24,27,29);1H2,2H3;/q2*-1;+1. The molecule has 4 rings (SSSR count). The summed E-state index contributed by atoms with van der Waals surface area (Å²) in [5.41, 5.74) is 4.95. The van der Waals surface area contributed by atoms with Gasteiger partial charge in [-0.2, -0.15) is 13.0 Å². The number of nitrogens with one attached hydrogen (secondary N) is 3. The van der Waals surface area contributed by atoms with Crippen molar-refractivity contribution in [3.63, 3.8) is 0 Å². The number of amides is 2. The number of urea groups is 1. The normalized spacial score (nSPS) is 9.82. The van der Waals surface area contributed by atoms with Crippen molar-refractivity contribution in [3.8, 4) is 28.0 Å². The molecule has 0 atom stereocenters. The summed E-state index contributed by atoms with van der Waals surface area (Å²) < 4.78 is 5.50. The summed E-state index contributed by atoms with van der Waals surface area (Å²) in [4.78, 5) is 30.7. The third kappa shape index (κ3) is 5.90. The van der Waals surface area contributed by atoms with Crippen LogP contribution in [0.4, 0.5) is 10.5 Å². The summed E-state index contributed by atoms with van der Waals surface area (Å²) in [5.74, 6) is 0.770. The molecule has 164 valence electrons. The molecule has 2 aromatic heterocycles. The molecule has 0 fully saturated rings. The van der Waals surface area contributed by atoms with Crippen molar-refractivity contribution in [2.24, 2.45) is 0 Å². The average Bonchev–Trinajstić information content (AvgIpc) is 3.28. The van der Waals surface area contributed by atoms with Gasteiger partial charge in [-0.25, -0.2) is 9.78 Å². The van der Waals surface area contributed by atoms with E-state index in [0.29, 0.717) is 5.69 Å². The molecule has 0 saturated carbocycles. The summed E-state index contributed by atoms with van der Waals surface area (Å²) in [5, 5.41) is 6.00. The van der Waals surface area contributed by atoms with Gasteiger partial charge >= 0.3 is 57.4 Å². The van der Waals surface area contributed by atoms with Crippen LogP contribution >= 0.6 is 0 Å². The van der Waals surface area contributed by atoms with E-state index in [-0.39, 0.29) is 56.9 Å². The van der Waals surface area contributed by atoms with E-state index in [1.807, 2.05) is 48.9 Å². The minimum Gasteiger partial charge on any atom is -0.496 e. The maximum absolute atomic E-state index is 11.6. The van der Waals surface area contributed by atoms with E-state index >= 15 is 0 Å². The van der Waals surface area contributed by atoms with Crippen molar-refractivity contribution in [2.45, 2.75) is 6.92 Å². The Morgan fingerprint density at radius 1 is 1.09 bits per heavy atom. The number of carbonyl (C=O) groups excluding carboxylic acids is 2. The zero-order valence-corrected chi connectivity index (χ0v) is 22.3. The number of nitrogens with zero attached hydrogens (tertiary/aromatic N) is 1. The van der Waals surface area contributed by atoms with Crippen LogP contribution in [0.1, 0.15) is 12.5 Å². The molecule has 0 saturated heterocycles. The molecular weight excluding hydrogens is 443 g/mol. The number of pyridine rings is 1. The molecule has 8 heteroatoms. The van der Waals surface area contributed by atoms with Gasteiger partial charge in [0.25, 0.3) is 0 Å². The Kier molecular flexibility index (Phi) is 10.3. The molecule has 4 aromatic rings. The Labute approximate surface area is 235 Å². The number of aromatic amines is 1. The van der Waals surface area contributed by atoms with Gasteiger partial charge in [-0.1, -0.05) is 41.6 Å². The van der Waals surface area contributed by atoms with Crippen LogP contribution in [0.3, 0.4) is 0 Å². The van der Waals surface area contributed by atoms with Gasteiger partial charge in [0.05, 0.1) is 13.4 Å². The van der Waals surface area contributed by atoms with Crippen molar-refractivity contribution in [1.82, 2.24) is 15.3 Å². The van der Waals surface area contributed by atoms with Gasteiger partial charge in [-0.15, -0.1) is 5.56 Å². The predicted molar refractivity (Wildman–Crippen MR) is 127 cm³/mol. The smallest absolute Gasteiger partial charge is 0.496 e. The van der Waals surface area contributed by atoms with Crippen LogP contribution < -0.4 is 66.8 Å². The molecule has 0 aliphatic rings. The molecule has 2 amide bonds. The molecule has 33 heavy (non-hydrogen) atoms. The van der Waals surface area contributed by atoms with Crippen molar-refractivity contribution in [1.29, 1.82) is 0 Å². The number of aromatic nitrogens is 2. The number of carbonyl (C=O) groups is 1. The minimum atomic E-state index is -0.406. The molecule has 0 aliphatic heterocycles. The van der Waals surface area contributed by atoms with E-state index in [9.17, 15) is 9.59 Å². The number of hydrogen-bond donors (Lipinski definition) is 3. The van der Waals surface area contributed by atoms with Gasteiger partial charge in [-0.05, 0) is 17.7 Å². The molecular formula is C25H24KN4O3-. The van der Waals surface area contributed by atoms with Crippen LogP contribution in [0.15, 0.2) is 60.9 Å². The van der Waals surface area contributed by atoms with Gasteiger partial charge in [0.15, 0.2) is 0 Å². The first kappa shape index (κ1) is 26.8. The molecule has 0 unspecified atom stereocenters. The molecule has 2 heterocycles. The van der Waals surface area contributed by atoms with E-state index in [0.717, 1.165) is 39.0 Å². The number of H-pyrrole nitrogens is 1. The number of fused-ring (bicyclic) bond motifs is 1. The Bertz CT molecular complexity index is 1250. The maximum Gasteiger partial charge on any atom is 1.00 e. The fourth-order valence-electron chi connectivity index (χ4n) is 3.35. The number of benzene rings is 2. The van der Waals surface area contributed by atoms with Crippen LogP contribution in [0.25, 0.3) is 33.3 Å². The third-order valence-corrected chi connectivity index (χ3v) is 4.87. The van der Waals surface area contributed by atoms with Gasteiger partial charge in [0.1, 0.15) is 11.4 Å². The maximum atomic E-state index is 11.6. The van der Waals surface area contributed by atoms with E-state index in [1.165, 1.54) is 7.05 Å². The zero-order valence-electron chi connectivity index (χ0n) is 19.2. The van der Waals surface area contributed by atoms with Crippen molar-refractivity contribution < 1.29 is 65.7 Å². The van der Waals surface area contributed by atoms with Gasteiger partial charge in [0.2, 0.25) is 0 Å². The number of anilines is 1. The number of para-hydroxylation sites is 1. The first-order valence-corrected chi connectivity index (χ1v) is 9.97. The minimum absolute atomic E-state index is 0. The molecule has 7 nitrogen and oxygen atoms in total. The van der Waals surface area contributed by atoms with Gasteiger partial charge in [0, 0.05) is 36.0 Å². The van der Waals surface area contributed by atoms with Gasteiger partial charge in [-0.3, -0.25) is 0 Å². The summed E-state index contributed by atoms with van der Waals surface area (Å²) in [6, 6.07) is 14.6. The van der Waals surface area contributed by atoms with E-state index in [4.69, 9.17) is 4.74 Å². The van der Waals surface area contributed by atoms with Crippen LogP contribution in [-0.2, 0) is 4.79 Å². The molecule has 0 radical (unpaired) electrons. The van der Waals surface area contributed by atoms with E-state index in [2.05, 4.69) is 27.5 Å². The first-order chi connectivity index (χ1) is 15.6. The molecule has 0 spiro atoms. The molecule has 0 bridgehead atoms. The van der Waals surface area contributed by atoms with E-state index in [1.54, 1.807) is 32.4 Å². The molecule has 2 aromatic carbocycles.